The van der Waals surface area contributed by atoms with Crippen LogP contribution in [0.15, 0.2) is 89.7 Å². The summed E-state index contributed by atoms with van der Waals surface area (Å²) in [5.74, 6) is -0.0530. The summed E-state index contributed by atoms with van der Waals surface area (Å²) in [6.45, 7) is 6.44. The zero-order valence-electron chi connectivity index (χ0n) is 19.1. The van der Waals surface area contributed by atoms with E-state index in [1.54, 1.807) is 0 Å². The van der Waals surface area contributed by atoms with Gasteiger partial charge in [-0.15, -0.1) is 0 Å². The van der Waals surface area contributed by atoms with E-state index in [-0.39, 0.29) is 5.56 Å². The highest BCUT2D eigenvalue weighted by atomic mass is 16.2. The minimum atomic E-state index is -0.446. The van der Waals surface area contributed by atoms with E-state index in [0.29, 0.717) is 29.4 Å². The molecule has 0 atom stereocenters. The van der Waals surface area contributed by atoms with Crippen LogP contribution in [0.4, 0.5) is 5.69 Å². The van der Waals surface area contributed by atoms with Crippen LogP contribution in [0, 0.1) is 0 Å². The summed E-state index contributed by atoms with van der Waals surface area (Å²) >= 11 is 0. The molecule has 0 saturated carbocycles. The minimum Gasteiger partial charge on any atom is -0.322 e. The normalized spacial score (nSPS) is 10.9. The molecule has 0 bridgehead atoms. The summed E-state index contributed by atoms with van der Waals surface area (Å²) in [6.07, 6.45) is 0. The third-order valence-electron chi connectivity index (χ3n) is 5.63. The minimum absolute atomic E-state index is 0.0878. The molecule has 0 aliphatic carbocycles. The molecule has 1 aromatic heterocycles. The van der Waals surface area contributed by atoms with Gasteiger partial charge in [0.1, 0.15) is 5.56 Å². The summed E-state index contributed by atoms with van der Waals surface area (Å²) in [5.41, 5.74) is 4.25. The number of benzene rings is 3. The number of nitrogens with one attached hydrogen (secondary N) is 1. The molecule has 4 rings (SSSR count). The zero-order chi connectivity index (χ0) is 23.4. The largest absolute Gasteiger partial charge is 0.322 e. The number of aryl methyl sites for hydroxylation is 1. The van der Waals surface area contributed by atoms with Gasteiger partial charge in [0.05, 0.1) is 5.69 Å². The van der Waals surface area contributed by atoms with Crippen LogP contribution in [-0.2, 0) is 6.54 Å². The van der Waals surface area contributed by atoms with Gasteiger partial charge in [-0.2, -0.15) is 5.10 Å². The Balaban J connectivity index is 1.90. The van der Waals surface area contributed by atoms with E-state index in [4.69, 9.17) is 0 Å². The van der Waals surface area contributed by atoms with Gasteiger partial charge in [0, 0.05) is 23.4 Å². The van der Waals surface area contributed by atoms with Gasteiger partial charge in [-0.1, -0.05) is 86.6 Å². The topological polar surface area (TPSA) is 64.0 Å². The molecule has 0 unspecified atom stereocenters. The number of carbonyl (C=O) groups is 1. The van der Waals surface area contributed by atoms with Gasteiger partial charge < -0.3 is 5.32 Å². The molecule has 0 radical (unpaired) electrons. The van der Waals surface area contributed by atoms with Gasteiger partial charge in [0.15, 0.2) is 0 Å². The molecule has 166 valence electrons. The van der Waals surface area contributed by atoms with E-state index in [9.17, 15) is 9.59 Å². The van der Waals surface area contributed by atoms with Gasteiger partial charge in [-0.25, -0.2) is 4.68 Å². The number of hydrogen-bond donors (Lipinski definition) is 1. The second-order valence-corrected chi connectivity index (χ2v) is 8.18. The quantitative estimate of drug-likeness (QED) is 0.404. The lowest BCUT2D eigenvalue weighted by Crippen LogP contribution is -2.32. The van der Waals surface area contributed by atoms with E-state index in [1.165, 1.54) is 10.2 Å². The zero-order valence-corrected chi connectivity index (χ0v) is 19.1. The van der Waals surface area contributed by atoms with Crippen molar-refractivity contribution in [2.24, 2.45) is 0 Å². The SMILES string of the molecule is CCn1nc(-c2ccccc2)c(-c2ccccc2)c(C(=O)Nc2ccc(C(C)C)cc2)c1=O. The van der Waals surface area contributed by atoms with Gasteiger partial charge in [0.25, 0.3) is 11.5 Å². The van der Waals surface area contributed by atoms with Crippen molar-refractivity contribution in [2.45, 2.75) is 33.2 Å². The van der Waals surface area contributed by atoms with Gasteiger partial charge in [0.2, 0.25) is 0 Å². The van der Waals surface area contributed by atoms with Crippen molar-refractivity contribution in [2.75, 3.05) is 5.32 Å². The summed E-state index contributed by atoms with van der Waals surface area (Å²) < 4.78 is 1.35. The maximum atomic E-state index is 13.5. The molecule has 4 aromatic rings. The van der Waals surface area contributed by atoms with Crippen molar-refractivity contribution in [3.05, 3.63) is 106 Å². The molecule has 0 aliphatic heterocycles. The van der Waals surface area contributed by atoms with Crippen molar-refractivity contribution < 1.29 is 4.79 Å². The van der Waals surface area contributed by atoms with Crippen LogP contribution in [0.25, 0.3) is 22.4 Å². The Kier molecular flexibility index (Phi) is 6.50. The molecule has 0 aliphatic rings. The number of aromatic nitrogens is 2. The van der Waals surface area contributed by atoms with Gasteiger partial charge in [-0.3, -0.25) is 9.59 Å². The molecule has 1 N–H and O–H groups in total. The van der Waals surface area contributed by atoms with Crippen LogP contribution in [0.5, 0.6) is 0 Å². The number of amides is 1. The highest BCUT2D eigenvalue weighted by molar-refractivity contribution is 6.10. The first-order valence-electron chi connectivity index (χ1n) is 11.2. The summed E-state index contributed by atoms with van der Waals surface area (Å²) in [6, 6.07) is 26.8. The Bertz CT molecular complexity index is 1310. The molecule has 5 nitrogen and oxygen atoms in total. The van der Waals surface area contributed by atoms with Crippen LogP contribution in [0.1, 0.15) is 42.6 Å². The van der Waals surface area contributed by atoms with Crippen LogP contribution >= 0.6 is 0 Å². The second kappa shape index (κ2) is 9.65. The Morgan fingerprint density at radius 3 is 2.00 bits per heavy atom. The van der Waals surface area contributed by atoms with Crippen molar-refractivity contribution >= 4 is 11.6 Å². The predicted molar refractivity (Wildman–Crippen MR) is 134 cm³/mol. The average molecular weight is 438 g/mol. The van der Waals surface area contributed by atoms with E-state index in [0.717, 1.165) is 11.1 Å². The van der Waals surface area contributed by atoms with E-state index >= 15 is 0 Å². The molecular formula is C28H27N3O2. The first-order valence-corrected chi connectivity index (χ1v) is 11.2. The fraction of sp³-hybridized carbons (Fsp3) is 0.179. The highest BCUT2D eigenvalue weighted by Crippen LogP contribution is 2.32. The monoisotopic (exact) mass is 437 g/mol. The molecule has 1 amide bonds. The number of anilines is 1. The third kappa shape index (κ3) is 4.62. The fourth-order valence-corrected chi connectivity index (χ4v) is 3.82. The standard InChI is InChI=1S/C28H27N3O2/c1-4-31-28(33)25(27(32)29-23-17-15-20(16-18-23)19(2)3)24(21-11-7-5-8-12-21)26(30-31)22-13-9-6-10-14-22/h5-19H,4H2,1-3H3,(H,29,32). The molecule has 0 spiro atoms. The smallest absolute Gasteiger partial charge is 0.280 e. The van der Waals surface area contributed by atoms with Gasteiger partial charge in [-0.05, 0) is 36.1 Å². The first-order chi connectivity index (χ1) is 16.0. The molecule has 0 fully saturated rings. The van der Waals surface area contributed by atoms with Crippen LogP contribution in [0.2, 0.25) is 0 Å². The van der Waals surface area contributed by atoms with Crippen molar-refractivity contribution in [1.29, 1.82) is 0 Å². The third-order valence-corrected chi connectivity index (χ3v) is 5.63. The Labute approximate surface area is 193 Å². The van der Waals surface area contributed by atoms with Crippen LogP contribution < -0.4 is 10.9 Å². The number of rotatable bonds is 6. The van der Waals surface area contributed by atoms with Crippen molar-refractivity contribution in [3.63, 3.8) is 0 Å². The van der Waals surface area contributed by atoms with Crippen LogP contribution in [0.3, 0.4) is 0 Å². The van der Waals surface area contributed by atoms with Crippen LogP contribution in [-0.4, -0.2) is 15.7 Å². The maximum absolute atomic E-state index is 13.5. The maximum Gasteiger partial charge on any atom is 0.280 e. The van der Waals surface area contributed by atoms with E-state index in [2.05, 4.69) is 24.3 Å². The lowest BCUT2D eigenvalue weighted by atomic mass is 9.95. The summed E-state index contributed by atoms with van der Waals surface area (Å²) in [4.78, 5) is 26.9. The van der Waals surface area contributed by atoms with Crippen molar-refractivity contribution in [3.8, 4) is 22.4 Å². The fourth-order valence-electron chi connectivity index (χ4n) is 3.82. The average Bonchev–Trinajstić information content (AvgIpc) is 2.85. The second-order valence-electron chi connectivity index (χ2n) is 8.18. The Morgan fingerprint density at radius 2 is 1.45 bits per heavy atom. The number of nitrogens with zero attached hydrogens (tertiary/aromatic N) is 2. The molecule has 5 heteroatoms. The van der Waals surface area contributed by atoms with E-state index in [1.807, 2.05) is 91.9 Å². The van der Waals surface area contributed by atoms with Crippen molar-refractivity contribution in [1.82, 2.24) is 9.78 Å². The number of carbonyl (C=O) groups excluding carboxylic acids is 1. The Morgan fingerprint density at radius 1 is 0.879 bits per heavy atom. The van der Waals surface area contributed by atoms with E-state index < -0.39 is 11.5 Å². The summed E-state index contributed by atoms with van der Waals surface area (Å²) in [7, 11) is 0. The molecule has 33 heavy (non-hydrogen) atoms. The lowest BCUT2D eigenvalue weighted by molar-refractivity contribution is 0.102. The highest BCUT2D eigenvalue weighted by Gasteiger charge is 2.25. The molecule has 0 saturated heterocycles. The Hall–Kier alpha value is -3.99. The molecular weight excluding hydrogens is 410 g/mol. The molecule has 3 aromatic carbocycles. The summed E-state index contributed by atoms with van der Waals surface area (Å²) in [5, 5.41) is 7.57. The predicted octanol–water partition coefficient (Wildman–Crippen LogP) is 5.97. The molecule has 1 heterocycles. The number of hydrogen-bond acceptors (Lipinski definition) is 3. The van der Waals surface area contributed by atoms with Gasteiger partial charge >= 0.3 is 0 Å². The lowest BCUT2D eigenvalue weighted by Gasteiger charge is -2.17. The first kappa shape index (κ1) is 22.2.